The Morgan fingerprint density at radius 2 is 2.00 bits per heavy atom. The number of benzene rings is 1. The number of rotatable bonds is 6. The molecule has 0 unspecified atom stereocenters. The van der Waals surface area contributed by atoms with E-state index in [9.17, 15) is 18.4 Å². The zero-order valence-corrected chi connectivity index (χ0v) is 13.0. The molecule has 1 heterocycles. The van der Waals surface area contributed by atoms with Crippen molar-refractivity contribution in [1.82, 2.24) is 9.88 Å². The zero-order valence-electron chi connectivity index (χ0n) is 13.0. The average Bonchev–Trinajstić information content (AvgIpc) is 2.53. The van der Waals surface area contributed by atoms with Crippen molar-refractivity contribution >= 4 is 17.3 Å². The van der Waals surface area contributed by atoms with Crippen molar-refractivity contribution in [3.05, 3.63) is 58.0 Å². The van der Waals surface area contributed by atoms with Crippen molar-refractivity contribution in [3.8, 4) is 0 Å². The lowest BCUT2D eigenvalue weighted by atomic mass is 10.2. The van der Waals surface area contributed by atoms with Gasteiger partial charge >= 0.3 is 0 Å². The molecular formula is C16H17F2N3O3. The molecule has 0 aliphatic rings. The molecule has 1 amide bonds. The lowest BCUT2D eigenvalue weighted by Gasteiger charge is -2.14. The van der Waals surface area contributed by atoms with Gasteiger partial charge in [-0.15, -0.1) is 0 Å². The van der Waals surface area contributed by atoms with Gasteiger partial charge in [0.15, 0.2) is 0 Å². The molecule has 0 aliphatic carbocycles. The minimum atomic E-state index is -0.845. The summed E-state index contributed by atoms with van der Waals surface area (Å²) < 4.78 is 28.0. The summed E-state index contributed by atoms with van der Waals surface area (Å²) in [6.07, 6.45) is 1.70. The minimum Gasteiger partial charge on any atom is -0.396 e. The minimum absolute atomic E-state index is 0.0611. The molecule has 0 saturated heterocycles. The first kappa shape index (κ1) is 17.6. The fourth-order valence-corrected chi connectivity index (χ4v) is 2.03. The van der Waals surface area contributed by atoms with Gasteiger partial charge in [-0.2, -0.15) is 0 Å². The lowest BCUT2D eigenvalue weighted by Crippen LogP contribution is -2.28. The number of aliphatic hydroxyl groups excluding tert-OH is 1. The summed E-state index contributed by atoms with van der Waals surface area (Å²) in [4.78, 5) is 24.0. The number of hydrogen-bond donors (Lipinski definition) is 3. The van der Waals surface area contributed by atoms with Gasteiger partial charge in [-0.3, -0.25) is 9.59 Å². The Bertz CT molecular complexity index is 806. The third kappa shape index (κ3) is 4.17. The van der Waals surface area contributed by atoms with Crippen molar-refractivity contribution in [1.29, 1.82) is 0 Å². The molecule has 2 rings (SSSR count). The number of carbonyl (C=O) groups excluding carboxylic acids is 1. The number of pyridine rings is 1. The number of nitrogens with zero attached hydrogens (tertiary/aromatic N) is 1. The van der Waals surface area contributed by atoms with Crippen molar-refractivity contribution < 1.29 is 18.7 Å². The monoisotopic (exact) mass is 337 g/mol. The molecule has 0 fully saturated rings. The topological polar surface area (TPSA) is 83.4 Å². The van der Waals surface area contributed by atoms with Crippen LogP contribution in [-0.2, 0) is 7.05 Å². The van der Waals surface area contributed by atoms with Crippen LogP contribution in [0.2, 0.25) is 0 Å². The highest BCUT2D eigenvalue weighted by Gasteiger charge is 2.15. The number of nitrogens with one attached hydrogen (secondary N) is 2. The predicted molar refractivity (Wildman–Crippen MR) is 85.4 cm³/mol. The molecule has 3 N–H and O–H groups in total. The third-order valence-electron chi connectivity index (χ3n) is 3.29. The van der Waals surface area contributed by atoms with Gasteiger partial charge in [-0.05, 0) is 18.6 Å². The van der Waals surface area contributed by atoms with Crippen LogP contribution in [0.5, 0.6) is 0 Å². The lowest BCUT2D eigenvalue weighted by molar-refractivity contribution is 0.0951. The Morgan fingerprint density at radius 3 is 2.67 bits per heavy atom. The number of aromatic nitrogens is 1. The molecule has 24 heavy (non-hydrogen) atoms. The molecule has 8 heteroatoms. The van der Waals surface area contributed by atoms with Gasteiger partial charge in [0.25, 0.3) is 11.5 Å². The maximum Gasteiger partial charge on any atom is 0.254 e. The molecule has 2 aromatic rings. The highest BCUT2D eigenvalue weighted by Crippen LogP contribution is 2.22. The van der Waals surface area contributed by atoms with Crippen LogP contribution in [0.15, 0.2) is 35.3 Å². The average molecular weight is 337 g/mol. The summed E-state index contributed by atoms with van der Waals surface area (Å²) >= 11 is 0. The molecular weight excluding hydrogens is 320 g/mol. The van der Waals surface area contributed by atoms with E-state index in [0.29, 0.717) is 12.5 Å². The fourth-order valence-electron chi connectivity index (χ4n) is 2.03. The van der Waals surface area contributed by atoms with E-state index in [4.69, 9.17) is 5.11 Å². The maximum absolute atomic E-state index is 13.8. The van der Waals surface area contributed by atoms with Crippen molar-refractivity contribution in [2.75, 3.05) is 18.5 Å². The van der Waals surface area contributed by atoms with E-state index >= 15 is 0 Å². The quantitative estimate of drug-likeness (QED) is 0.698. The van der Waals surface area contributed by atoms with Crippen LogP contribution >= 0.6 is 0 Å². The first-order valence-electron chi connectivity index (χ1n) is 7.24. The largest absolute Gasteiger partial charge is 0.396 e. The SMILES string of the molecule is Cn1cc(C(=O)NCCCO)c(Nc2ccc(F)cc2F)cc1=O. The normalized spacial score (nSPS) is 10.5. The van der Waals surface area contributed by atoms with E-state index < -0.39 is 23.1 Å². The maximum atomic E-state index is 13.8. The number of halogens is 2. The summed E-state index contributed by atoms with van der Waals surface area (Å²) in [5, 5.41) is 14.0. The van der Waals surface area contributed by atoms with Gasteiger partial charge in [-0.1, -0.05) is 0 Å². The van der Waals surface area contributed by atoms with Gasteiger partial charge in [-0.25, -0.2) is 8.78 Å². The van der Waals surface area contributed by atoms with Gasteiger partial charge < -0.3 is 20.3 Å². The van der Waals surface area contributed by atoms with Crippen LogP contribution in [-0.4, -0.2) is 28.7 Å². The number of carbonyl (C=O) groups is 1. The summed E-state index contributed by atoms with van der Waals surface area (Å²) in [5.41, 5.74) is -0.232. The number of anilines is 2. The summed E-state index contributed by atoms with van der Waals surface area (Å²) in [6.45, 7) is 0.183. The van der Waals surface area contributed by atoms with Crippen LogP contribution in [0.3, 0.4) is 0 Å². The molecule has 6 nitrogen and oxygen atoms in total. The Hall–Kier alpha value is -2.74. The second-order valence-electron chi connectivity index (χ2n) is 5.13. The van der Waals surface area contributed by atoms with E-state index in [2.05, 4.69) is 10.6 Å². The van der Waals surface area contributed by atoms with E-state index in [1.807, 2.05) is 0 Å². The molecule has 1 aromatic heterocycles. The standard InChI is InChI=1S/C16H17F2N3O3/c1-21-9-11(16(24)19-5-2-6-22)14(8-15(21)23)20-13-4-3-10(17)7-12(13)18/h3-4,7-9,20,22H,2,5-6H2,1H3,(H,19,24). The second-order valence-corrected chi connectivity index (χ2v) is 5.13. The Labute approximate surface area is 136 Å². The van der Waals surface area contributed by atoms with Crippen LogP contribution in [0.1, 0.15) is 16.8 Å². The Kier molecular flexibility index (Phi) is 5.64. The van der Waals surface area contributed by atoms with Crippen LogP contribution in [0.25, 0.3) is 0 Å². The van der Waals surface area contributed by atoms with Crippen LogP contribution in [0.4, 0.5) is 20.2 Å². The molecule has 0 radical (unpaired) electrons. The third-order valence-corrected chi connectivity index (χ3v) is 3.29. The van der Waals surface area contributed by atoms with Crippen LogP contribution < -0.4 is 16.2 Å². The first-order valence-corrected chi connectivity index (χ1v) is 7.24. The molecule has 0 bridgehead atoms. The number of aryl methyl sites for hydroxylation is 1. The second kappa shape index (κ2) is 7.69. The van der Waals surface area contributed by atoms with Crippen molar-refractivity contribution in [2.45, 2.75) is 6.42 Å². The molecule has 0 aliphatic heterocycles. The highest BCUT2D eigenvalue weighted by atomic mass is 19.1. The van der Waals surface area contributed by atoms with Crippen molar-refractivity contribution in [3.63, 3.8) is 0 Å². The predicted octanol–water partition coefficient (Wildman–Crippen LogP) is 1.52. The van der Waals surface area contributed by atoms with Gasteiger partial charge in [0.05, 0.1) is 16.9 Å². The molecule has 0 spiro atoms. The highest BCUT2D eigenvalue weighted by molar-refractivity contribution is 6.00. The smallest absolute Gasteiger partial charge is 0.254 e. The van der Waals surface area contributed by atoms with E-state index in [0.717, 1.165) is 12.1 Å². The first-order chi connectivity index (χ1) is 11.4. The van der Waals surface area contributed by atoms with Gasteiger partial charge in [0.1, 0.15) is 11.6 Å². The molecule has 0 atom stereocenters. The number of aliphatic hydroxyl groups is 1. The fraction of sp³-hybridized carbons (Fsp3) is 0.250. The van der Waals surface area contributed by atoms with Gasteiger partial charge in [0, 0.05) is 38.5 Å². The zero-order chi connectivity index (χ0) is 17.7. The molecule has 1 aromatic carbocycles. The van der Waals surface area contributed by atoms with Gasteiger partial charge in [0.2, 0.25) is 0 Å². The molecule has 0 saturated carbocycles. The summed E-state index contributed by atoms with van der Waals surface area (Å²) in [7, 11) is 1.48. The Morgan fingerprint density at radius 1 is 1.25 bits per heavy atom. The summed E-state index contributed by atoms with van der Waals surface area (Å²) in [6, 6.07) is 4.09. The van der Waals surface area contributed by atoms with Crippen LogP contribution in [0, 0.1) is 11.6 Å². The summed E-state index contributed by atoms with van der Waals surface area (Å²) in [5.74, 6) is -2.06. The molecule has 128 valence electrons. The Balaban J connectivity index is 2.35. The number of amides is 1. The van der Waals surface area contributed by atoms with Crippen molar-refractivity contribution in [2.24, 2.45) is 7.05 Å². The van der Waals surface area contributed by atoms with E-state index in [-0.39, 0.29) is 30.1 Å². The van der Waals surface area contributed by atoms with E-state index in [1.165, 1.54) is 23.9 Å². The van der Waals surface area contributed by atoms with E-state index in [1.54, 1.807) is 0 Å². The number of hydrogen-bond acceptors (Lipinski definition) is 4.